The highest BCUT2D eigenvalue weighted by Crippen LogP contribution is 2.24. The number of nitrogens with one attached hydrogen (secondary N) is 1. The Kier molecular flexibility index (Phi) is 7.19. The summed E-state index contributed by atoms with van der Waals surface area (Å²) < 4.78 is 1.85. The Hall–Kier alpha value is -2.34. The van der Waals surface area contributed by atoms with Crippen LogP contribution in [-0.4, -0.2) is 45.6 Å². The lowest BCUT2D eigenvalue weighted by Gasteiger charge is -2.33. The summed E-state index contributed by atoms with van der Waals surface area (Å²) in [5.41, 5.74) is 4.66. The highest BCUT2D eigenvalue weighted by molar-refractivity contribution is 6.31. The van der Waals surface area contributed by atoms with Crippen molar-refractivity contribution in [1.29, 1.82) is 0 Å². The summed E-state index contributed by atoms with van der Waals surface area (Å²) in [4.78, 5) is 26.8. The molecule has 30 heavy (non-hydrogen) atoms. The summed E-state index contributed by atoms with van der Waals surface area (Å²) in [6.45, 7) is 9.19. The molecule has 1 aromatic carbocycles. The lowest BCUT2D eigenvalue weighted by Crippen LogP contribution is -2.50. The molecule has 7 heteroatoms. The molecule has 1 saturated heterocycles. The van der Waals surface area contributed by atoms with Gasteiger partial charge in [-0.3, -0.25) is 9.59 Å². The second kappa shape index (κ2) is 9.65. The van der Waals surface area contributed by atoms with E-state index in [1.165, 1.54) is 0 Å². The van der Waals surface area contributed by atoms with Crippen molar-refractivity contribution < 1.29 is 9.59 Å². The largest absolute Gasteiger partial charge is 0.352 e. The number of piperidine rings is 1. The van der Waals surface area contributed by atoms with Gasteiger partial charge in [-0.15, -0.1) is 0 Å². The zero-order valence-corrected chi connectivity index (χ0v) is 19.1. The van der Waals surface area contributed by atoms with Crippen LogP contribution in [0.15, 0.2) is 18.2 Å². The third-order valence-electron chi connectivity index (χ3n) is 5.79. The second-order valence-corrected chi connectivity index (χ2v) is 8.58. The van der Waals surface area contributed by atoms with Crippen LogP contribution in [0.5, 0.6) is 0 Å². The summed E-state index contributed by atoms with van der Waals surface area (Å²) in [6.07, 6.45) is 3.50. The van der Waals surface area contributed by atoms with Crippen LogP contribution in [0, 0.1) is 20.8 Å². The van der Waals surface area contributed by atoms with Crippen LogP contribution in [0.1, 0.15) is 55.1 Å². The predicted molar refractivity (Wildman–Crippen MR) is 119 cm³/mol. The molecular formula is C23H31ClN4O2. The van der Waals surface area contributed by atoms with E-state index in [0.717, 1.165) is 54.0 Å². The van der Waals surface area contributed by atoms with Gasteiger partial charge in [0.2, 0.25) is 11.8 Å². The number of carbonyl (C=O) groups is 2. The number of hydrogen-bond acceptors (Lipinski definition) is 3. The standard InChI is InChI=1S/C23H31ClN4O2/c1-5-7-22(29)25-18-8-6-11-27(14-18)23(30)13-20-16(3)26-28(17(20)4)19-10-9-15(2)21(24)12-19/h9-10,12,18H,5-8,11,13-14H2,1-4H3,(H,25,29). The third-order valence-corrected chi connectivity index (χ3v) is 6.19. The Labute approximate surface area is 183 Å². The number of halogens is 1. The SMILES string of the molecule is CCCC(=O)NC1CCCN(C(=O)Cc2c(C)nn(-c3ccc(C)c(Cl)c3)c2C)C1. The molecule has 0 radical (unpaired) electrons. The molecule has 3 rings (SSSR count). The fourth-order valence-corrected chi connectivity index (χ4v) is 4.18. The van der Waals surface area contributed by atoms with E-state index < -0.39 is 0 Å². The molecular weight excluding hydrogens is 400 g/mol. The van der Waals surface area contributed by atoms with E-state index in [9.17, 15) is 9.59 Å². The first-order valence-corrected chi connectivity index (χ1v) is 11.1. The lowest BCUT2D eigenvalue weighted by atomic mass is 10.0. The van der Waals surface area contributed by atoms with Gasteiger partial charge in [0.15, 0.2) is 0 Å². The molecule has 1 fully saturated rings. The van der Waals surface area contributed by atoms with Crippen molar-refractivity contribution >= 4 is 23.4 Å². The average molecular weight is 431 g/mol. The Morgan fingerprint density at radius 3 is 2.73 bits per heavy atom. The zero-order valence-electron chi connectivity index (χ0n) is 18.3. The molecule has 1 atom stereocenters. The summed E-state index contributed by atoms with van der Waals surface area (Å²) in [7, 11) is 0. The number of carbonyl (C=O) groups excluding carboxylic acids is 2. The maximum Gasteiger partial charge on any atom is 0.227 e. The Bertz CT molecular complexity index is 938. The summed E-state index contributed by atoms with van der Waals surface area (Å²) in [5, 5.41) is 8.42. The van der Waals surface area contributed by atoms with Crippen LogP contribution in [0.2, 0.25) is 5.02 Å². The number of benzene rings is 1. The van der Waals surface area contributed by atoms with E-state index in [4.69, 9.17) is 11.6 Å². The van der Waals surface area contributed by atoms with Crippen LogP contribution < -0.4 is 5.32 Å². The topological polar surface area (TPSA) is 67.2 Å². The van der Waals surface area contributed by atoms with Crippen molar-refractivity contribution in [3.05, 3.63) is 45.7 Å². The summed E-state index contributed by atoms with van der Waals surface area (Å²) in [5.74, 6) is 0.152. The molecule has 2 heterocycles. The fourth-order valence-electron chi connectivity index (χ4n) is 4.01. The molecule has 162 valence electrons. The van der Waals surface area contributed by atoms with Crippen LogP contribution >= 0.6 is 11.6 Å². The predicted octanol–water partition coefficient (Wildman–Crippen LogP) is 3.90. The van der Waals surface area contributed by atoms with Gasteiger partial charge in [-0.05, 0) is 57.7 Å². The monoisotopic (exact) mass is 430 g/mol. The van der Waals surface area contributed by atoms with Crippen LogP contribution in [-0.2, 0) is 16.0 Å². The number of likely N-dealkylation sites (tertiary alicyclic amines) is 1. The minimum atomic E-state index is 0.0429. The minimum Gasteiger partial charge on any atom is -0.352 e. The van der Waals surface area contributed by atoms with E-state index in [1.54, 1.807) is 0 Å². The fraction of sp³-hybridized carbons (Fsp3) is 0.522. The number of aromatic nitrogens is 2. The number of amides is 2. The summed E-state index contributed by atoms with van der Waals surface area (Å²) in [6, 6.07) is 5.90. The first-order chi connectivity index (χ1) is 14.3. The molecule has 1 unspecified atom stereocenters. The van der Waals surface area contributed by atoms with Crippen molar-refractivity contribution in [3.63, 3.8) is 0 Å². The van der Waals surface area contributed by atoms with Gasteiger partial charge in [0.1, 0.15) is 0 Å². The minimum absolute atomic E-state index is 0.0429. The number of hydrogen-bond donors (Lipinski definition) is 1. The van der Waals surface area contributed by atoms with Gasteiger partial charge in [0.05, 0.1) is 17.8 Å². The van der Waals surface area contributed by atoms with Crippen LogP contribution in [0.25, 0.3) is 5.69 Å². The van der Waals surface area contributed by atoms with E-state index in [1.807, 2.05) is 55.5 Å². The third kappa shape index (κ3) is 5.04. The molecule has 2 aromatic rings. The quantitative estimate of drug-likeness (QED) is 0.755. The maximum atomic E-state index is 13.0. The molecule has 1 aliphatic heterocycles. The van der Waals surface area contributed by atoms with Gasteiger partial charge in [-0.25, -0.2) is 4.68 Å². The molecule has 2 amide bonds. The molecule has 0 spiro atoms. The Balaban J connectivity index is 1.71. The average Bonchev–Trinajstić information content (AvgIpc) is 2.98. The van der Waals surface area contributed by atoms with Gasteiger partial charge < -0.3 is 10.2 Å². The zero-order chi connectivity index (χ0) is 21.8. The second-order valence-electron chi connectivity index (χ2n) is 8.17. The summed E-state index contributed by atoms with van der Waals surface area (Å²) >= 11 is 6.29. The molecule has 0 aliphatic carbocycles. The Morgan fingerprint density at radius 1 is 1.27 bits per heavy atom. The van der Waals surface area contributed by atoms with Crippen LogP contribution in [0.3, 0.4) is 0 Å². The van der Waals surface area contributed by atoms with Crippen molar-refractivity contribution in [2.75, 3.05) is 13.1 Å². The number of rotatable bonds is 6. The van der Waals surface area contributed by atoms with E-state index >= 15 is 0 Å². The van der Waals surface area contributed by atoms with Gasteiger partial charge in [0, 0.05) is 41.8 Å². The van der Waals surface area contributed by atoms with Gasteiger partial charge in [-0.2, -0.15) is 5.10 Å². The highest BCUT2D eigenvalue weighted by atomic mass is 35.5. The lowest BCUT2D eigenvalue weighted by molar-refractivity contribution is -0.133. The van der Waals surface area contributed by atoms with Gasteiger partial charge in [0.25, 0.3) is 0 Å². The van der Waals surface area contributed by atoms with E-state index in [-0.39, 0.29) is 17.9 Å². The van der Waals surface area contributed by atoms with Crippen molar-refractivity contribution in [1.82, 2.24) is 20.0 Å². The molecule has 6 nitrogen and oxygen atoms in total. The molecule has 1 aliphatic rings. The normalized spacial score (nSPS) is 16.6. The van der Waals surface area contributed by atoms with E-state index in [0.29, 0.717) is 24.4 Å². The Morgan fingerprint density at radius 2 is 2.03 bits per heavy atom. The molecule has 1 aromatic heterocycles. The van der Waals surface area contributed by atoms with Gasteiger partial charge >= 0.3 is 0 Å². The first-order valence-electron chi connectivity index (χ1n) is 10.7. The maximum absolute atomic E-state index is 13.0. The highest BCUT2D eigenvalue weighted by Gasteiger charge is 2.26. The molecule has 0 saturated carbocycles. The first kappa shape index (κ1) is 22.3. The van der Waals surface area contributed by atoms with E-state index in [2.05, 4.69) is 10.4 Å². The van der Waals surface area contributed by atoms with Crippen molar-refractivity contribution in [2.45, 2.75) is 65.8 Å². The smallest absolute Gasteiger partial charge is 0.227 e. The van der Waals surface area contributed by atoms with Crippen molar-refractivity contribution in [2.24, 2.45) is 0 Å². The molecule has 1 N–H and O–H groups in total. The number of aryl methyl sites for hydroxylation is 2. The molecule has 0 bridgehead atoms. The van der Waals surface area contributed by atoms with Crippen molar-refractivity contribution in [3.8, 4) is 5.69 Å². The van der Waals surface area contributed by atoms with Crippen LogP contribution in [0.4, 0.5) is 0 Å². The number of nitrogens with zero attached hydrogens (tertiary/aromatic N) is 3. The van der Waals surface area contributed by atoms with Gasteiger partial charge in [-0.1, -0.05) is 24.6 Å².